The molecule has 8 nitrogen and oxygen atoms in total. The van der Waals surface area contributed by atoms with Gasteiger partial charge < -0.3 is 10.1 Å². The molecule has 0 atom stereocenters. The number of carbonyl (C=O) groups is 2. The molecule has 40 heavy (non-hydrogen) atoms. The predicted molar refractivity (Wildman–Crippen MR) is 140 cm³/mol. The zero-order valence-corrected chi connectivity index (χ0v) is 21.4. The summed E-state index contributed by atoms with van der Waals surface area (Å²) in [5.74, 6) is -3.90. The van der Waals surface area contributed by atoms with Crippen LogP contribution < -0.4 is 5.32 Å². The lowest BCUT2D eigenvalue weighted by atomic mass is 9.90. The number of aryl methyl sites for hydroxylation is 2. The zero-order chi connectivity index (χ0) is 28.1. The molecule has 0 spiro atoms. The molecule has 3 aromatic heterocycles. The van der Waals surface area contributed by atoms with Crippen LogP contribution in [-0.2, 0) is 35.3 Å². The summed E-state index contributed by atoms with van der Waals surface area (Å²) in [5.41, 5.74) is 5.87. The molecule has 0 unspecified atom stereocenters. The van der Waals surface area contributed by atoms with Crippen molar-refractivity contribution < 1.29 is 27.5 Å². The number of alkyl halides is 3. The highest BCUT2D eigenvalue weighted by atomic mass is 19.4. The van der Waals surface area contributed by atoms with Gasteiger partial charge in [-0.05, 0) is 73.2 Å². The van der Waals surface area contributed by atoms with Crippen LogP contribution >= 0.6 is 0 Å². The molecular weight excluding hydrogens is 523 g/mol. The van der Waals surface area contributed by atoms with E-state index in [0.717, 1.165) is 35.2 Å². The van der Waals surface area contributed by atoms with Crippen LogP contribution in [0.4, 0.5) is 13.2 Å². The summed E-state index contributed by atoms with van der Waals surface area (Å²) in [4.78, 5) is 32.4. The molecule has 3 heterocycles. The van der Waals surface area contributed by atoms with E-state index in [0.29, 0.717) is 37.1 Å². The van der Waals surface area contributed by atoms with Gasteiger partial charge in [-0.3, -0.25) is 14.6 Å². The molecule has 0 fully saturated rings. The van der Waals surface area contributed by atoms with Gasteiger partial charge in [0.1, 0.15) is 0 Å². The van der Waals surface area contributed by atoms with Gasteiger partial charge in [0, 0.05) is 42.5 Å². The Bertz CT molecular complexity index is 1500. The summed E-state index contributed by atoms with van der Waals surface area (Å²) >= 11 is 0. The van der Waals surface area contributed by atoms with E-state index < -0.39 is 18.1 Å². The van der Waals surface area contributed by atoms with Gasteiger partial charge in [0.15, 0.2) is 5.69 Å². The molecule has 0 aliphatic heterocycles. The number of halogens is 3. The number of benzene rings is 1. The molecule has 1 aromatic carbocycles. The molecule has 206 valence electrons. The Labute approximate surface area is 228 Å². The van der Waals surface area contributed by atoms with Crippen LogP contribution in [0, 0.1) is 0 Å². The Morgan fingerprint density at radius 3 is 2.50 bits per heavy atom. The normalized spacial score (nSPS) is 12.5. The predicted octanol–water partition coefficient (Wildman–Crippen LogP) is 4.57. The molecule has 1 aliphatic carbocycles. The Morgan fingerprint density at radius 2 is 1.75 bits per heavy atom. The van der Waals surface area contributed by atoms with Gasteiger partial charge in [-0.25, -0.2) is 9.59 Å². The average Bonchev–Trinajstić information content (AvgIpc) is 3.34. The summed E-state index contributed by atoms with van der Waals surface area (Å²) in [6.07, 6.45) is 3.86. The topological polar surface area (TPSA) is 99.0 Å². The minimum Gasteiger partial charge on any atom is -0.381 e. The summed E-state index contributed by atoms with van der Waals surface area (Å²) in [6.45, 7) is 1.57. The van der Waals surface area contributed by atoms with Crippen LogP contribution in [0.15, 0.2) is 67.3 Å². The Balaban J connectivity index is 1.21. The number of pyridine rings is 2. The van der Waals surface area contributed by atoms with Crippen LogP contribution in [0.1, 0.15) is 33.6 Å². The van der Waals surface area contributed by atoms with Gasteiger partial charge in [-0.1, -0.05) is 30.3 Å². The maximum atomic E-state index is 12.8. The van der Waals surface area contributed by atoms with Crippen molar-refractivity contribution in [3.05, 3.63) is 89.6 Å². The molecular formula is C29H26F3N5O3. The lowest BCUT2D eigenvalue weighted by molar-refractivity contribution is -0.193. The van der Waals surface area contributed by atoms with Crippen molar-refractivity contribution in [2.75, 3.05) is 13.1 Å². The number of hydrogen-bond donors (Lipinski definition) is 1. The largest absolute Gasteiger partial charge is 0.491 e. The van der Waals surface area contributed by atoms with E-state index in [2.05, 4.69) is 49.4 Å². The number of fused-ring (bicyclic) bond motifs is 3. The van der Waals surface area contributed by atoms with Crippen molar-refractivity contribution in [1.82, 2.24) is 25.1 Å². The number of hydrogen-bond acceptors (Lipinski definition) is 7. The standard InChI is InChI=1S/C29H26F3N5O3/c30-29(31,32)28(39)40-27(38)26-24-9-8-22-18-35-15-11-23(22)25(24)36-37(26)16-2-13-33-14-10-19-4-6-20(7-5-19)21-3-1-12-34-17-21/h1,3-7,11-12,15,17-18,33H,2,8-10,13-14,16H2. The number of nitrogens with one attached hydrogen (secondary N) is 1. The maximum Gasteiger partial charge on any atom is 0.491 e. The fraction of sp³-hybridized carbons (Fsp3) is 0.276. The van der Waals surface area contributed by atoms with Gasteiger partial charge in [0.05, 0.1) is 5.69 Å². The molecule has 0 bridgehead atoms. The van der Waals surface area contributed by atoms with Crippen LogP contribution in [-0.4, -0.2) is 51.0 Å². The number of nitrogens with zero attached hydrogens (tertiary/aromatic N) is 4. The molecule has 1 aliphatic rings. The minimum atomic E-state index is -5.28. The molecule has 0 amide bonds. The molecule has 0 saturated heterocycles. The van der Waals surface area contributed by atoms with E-state index in [9.17, 15) is 22.8 Å². The molecule has 5 rings (SSSR count). The van der Waals surface area contributed by atoms with Crippen LogP contribution in [0.5, 0.6) is 0 Å². The first kappa shape index (κ1) is 27.2. The van der Waals surface area contributed by atoms with E-state index in [4.69, 9.17) is 0 Å². The van der Waals surface area contributed by atoms with Crippen LogP contribution in [0.3, 0.4) is 0 Å². The third-order valence-electron chi connectivity index (χ3n) is 6.73. The second-order valence-corrected chi connectivity index (χ2v) is 9.40. The van der Waals surface area contributed by atoms with Crippen molar-refractivity contribution in [1.29, 1.82) is 0 Å². The van der Waals surface area contributed by atoms with E-state index in [1.165, 1.54) is 10.2 Å². The van der Waals surface area contributed by atoms with E-state index in [1.807, 2.05) is 18.3 Å². The van der Waals surface area contributed by atoms with Crippen molar-refractivity contribution in [3.8, 4) is 22.4 Å². The first-order valence-electron chi connectivity index (χ1n) is 12.9. The highest BCUT2D eigenvalue weighted by Crippen LogP contribution is 2.34. The Morgan fingerprint density at radius 1 is 0.950 bits per heavy atom. The molecule has 0 radical (unpaired) electrons. The smallest absolute Gasteiger partial charge is 0.381 e. The monoisotopic (exact) mass is 549 g/mol. The maximum absolute atomic E-state index is 12.8. The summed E-state index contributed by atoms with van der Waals surface area (Å²) in [7, 11) is 0. The summed E-state index contributed by atoms with van der Waals surface area (Å²) in [6, 6.07) is 13.9. The number of aromatic nitrogens is 4. The van der Waals surface area contributed by atoms with Gasteiger partial charge in [0.25, 0.3) is 0 Å². The molecule has 4 aromatic rings. The highest BCUT2D eigenvalue weighted by molar-refractivity contribution is 5.99. The number of esters is 2. The Kier molecular flexibility index (Phi) is 8.01. The second-order valence-electron chi connectivity index (χ2n) is 9.40. The van der Waals surface area contributed by atoms with Gasteiger partial charge in [-0.15, -0.1) is 0 Å². The lowest BCUT2D eigenvalue weighted by Crippen LogP contribution is -2.29. The SMILES string of the molecule is O=C(OC(=O)C(F)(F)F)c1c2c(nn1CCCNCCc1ccc(-c3cccnc3)cc1)-c1ccncc1CC2. The first-order valence-corrected chi connectivity index (χ1v) is 12.9. The zero-order valence-electron chi connectivity index (χ0n) is 21.4. The second kappa shape index (κ2) is 11.8. The Hall–Kier alpha value is -4.38. The molecule has 0 saturated carbocycles. The molecule has 1 N–H and O–H groups in total. The van der Waals surface area contributed by atoms with E-state index in [1.54, 1.807) is 24.7 Å². The van der Waals surface area contributed by atoms with Crippen molar-refractivity contribution in [2.45, 2.75) is 38.4 Å². The third-order valence-corrected chi connectivity index (χ3v) is 6.73. The van der Waals surface area contributed by atoms with Crippen molar-refractivity contribution >= 4 is 11.9 Å². The number of ether oxygens (including phenoxy) is 1. The summed E-state index contributed by atoms with van der Waals surface area (Å²) in [5, 5.41) is 7.89. The number of carbonyl (C=O) groups excluding carboxylic acids is 2. The van der Waals surface area contributed by atoms with E-state index >= 15 is 0 Å². The molecule has 11 heteroatoms. The van der Waals surface area contributed by atoms with Gasteiger partial charge >= 0.3 is 18.1 Å². The highest BCUT2D eigenvalue weighted by Gasteiger charge is 2.43. The van der Waals surface area contributed by atoms with Gasteiger partial charge in [-0.2, -0.15) is 18.3 Å². The van der Waals surface area contributed by atoms with Gasteiger partial charge in [0.2, 0.25) is 0 Å². The van der Waals surface area contributed by atoms with Crippen LogP contribution in [0.25, 0.3) is 22.4 Å². The fourth-order valence-corrected chi connectivity index (χ4v) is 4.76. The van der Waals surface area contributed by atoms with E-state index in [-0.39, 0.29) is 12.2 Å². The summed E-state index contributed by atoms with van der Waals surface area (Å²) < 4.78 is 43.8. The first-order chi connectivity index (χ1) is 19.3. The lowest BCUT2D eigenvalue weighted by Gasteiger charge is -2.15. The quantitative estimate of drug-likeness (QED) is 0.186. The minimum absolute atomic E-state index is 0.122. The van der Waals surface area contributed by atoms with Crippen molar-refractivity contribution in [2.24, 2.45) is 0 Å². The number of rotatable bonds is 9. The fourth-order valence-electron chi connectivity index (χ4n) is 4.76. The third kappa shape index (κ3) is 6.09. The van der Waals surface area contributed by atoms with Crippen LogP contribution in [0.2, 0.25) is 0 Å². The van der Waals surface area contributed by atoms with Crippen molar-refractivity contribution in [3.63, 3.8) is 0 Å². The average molecular weight is 550 g/mol.